The Hall–Kier alpha value is -2.23. The van der Waals surface area contributed by atoms with Gasteiger partial charge in [0.05, 0.1) is 6.61 Å². The Morgan fingerprint density at radius 3 is 2.50 bits per heavy atom. The molecular formula is C16H14F2O2. The van der Waals surface area contributed by atoms with Crippen molar-refractivity contribution in [2.45, 2.75) is 13.3 Å². The van der Waals surface area contributed by atoms with Crippen molar-refractivity contribution < 1.29 is 18.3 Å². The van der Waals surface area contributed by atoms with Crippen LogP contribution in [0.25, 0.3) is 10.8 Å². The molecule has 0 bridgehead atoms. The second-order valence-electron chi connectivity index (χ2n) is 4.27. The predicted molar refractivity (Wildman–Crippen MR) is 73.5 cm³/mol. The fraction of sp³-hybridized carbons (Fsp3) is 0.188. The molecule has 0 fully saturated rings. The number of esters is 1. The number of hydrogen-bond donors (Lipinski definition) is 0. The summed E-state index contributed by atoms with van der Waals surface area (Å²) >= 11 is 0. The number of benzene rings is 2. The van der Waals surface area contributed by atoms with Crippen LogP contribution in [0.3, 0.4) is 0 Å². The van der Waals surface area contributed by atoms with Gasteiger partial charge in [-0.2, -0.15) is 8.78 Å². The smallest absolute Gasteiger partial charge is 0.339 e. The van der Waals surface area contributed by atoms with Crippen molar-refractivity contribution >= 4 is 16.7 Å². The number of halogens is 2. The van der Waals surface area contributed by atoms with Crippen LogP contribution in [0.1, 0.15) is 12.5 Å². The Balaban J connectivity index is 2.40. The zero-order valence-corrected chi connectivity index (χ0v) is 11.0. The minimum atomic E-state index is -1.99. The minimum absolute atomic E-state index is 0.0746. The van der Waals surface area contributed by atoms with Gasteiger partial charge >= 0.3 is 5.97 Å². The van der Waals surface area contributed by atoms with Crippen LogP contribution >= 0.6 is 0 Å². The number of rotatable bonds is 4. The Bertz CT molecular complexity index is 653. The summed E-state index contributed by atoms with van der Waals surface area (Å²) in [5, 5.41) is 1.81. The largest absolute Gasteiger partial charge is 0.462 e. The highest BCUT2D eigenvalue weighted by Gasteiger charge is 2.18. The number of carbonyl (C=O) groups is 1. The van der Waals surface area contributed by atoms with Crippen molar-refractivity contribution in [1.29, 1.82) is 0 Å². The number of hydrogen-bond acceptors (Lipinski definition) is 2. The van der Waals surface area contributed by atoms with E-state index in [-0.39, 0.29) is 13.0 Å². The Morgan fingerprint density at radius 1 is 1.10 bits per heavy atom. The quantitative estimate of drug-likeness (QED) is 0.621. The summed E-state index contributed by atoms with van der Waals surface area (Å²) in [5.74, 6) is -0.958. The average molecular weight is 276 g/mol. The number of ether oxygens (including phenoxy) is 1. The monoisotopic (exact) mass is 276 g/mol. The van der Waals surface area contributed by atoms with Gasteiger partial charge in [0.15, 0.2) is 0 Å². The third-order valence-corrected chi connectivity index (χ3v) is 3.00. The van der Waals surface area contributed by atoms with Crippen LogP contribution in [0.5, 0.6) is 0 Å². The normalized spacial score (nSPS) is 10.3. The first-order chi connectivity index (χ1) is 9.63. The molecule has 2 nitrogen and oxygen atoms in total. The van der Waals surface area contributed by atoms with Crippen LogP contribution in [-0.2, 0) is 16.0 Å². The third kappa shape index (κ3) is 3.02. The van der Waals surface area contributed by atoms with E-state index < -0.39 is 17.6 Å². The van der Waals surface area contributed by atoms with Crippen molar-refractivity contribution in [3.8, 4) is 0 Å². The van der Waals surface area contributed by atoms with Gasteiger partial charge in [0.25, 0.3) is 6.08 Å². The summed E-state index contributed by atoms with van der Waals surface area (Å²) in [5.41, 5.74) is 0.0992. The lowest BCUT2D eigenvalue weighted by atomic mass is 9.99. The van der Waals surface area contributed by atoms with Crippen molar-refractivity contribution in [3.05, 3.63) is 59.7 Å². The fourth-order valence-electron chi connectivity index (χ4n) is 2.07. The van der Waals surface area contributed by atoms with E-state index in [2.05, 4.69) is 4.74 Å². The van der Waals surface area contributed by atoms with Gasteiger partial charge in [-0.15, -0.1) is 0 Å². The lowest BCUT2D eigenvalue weighted by molar-refractivity contribution is -0.138. The van der Waals surface area contributed by atoms with Gasteiger partial charge in [-0.3, -0.25) is 0 Å². The molecule has 2 rings (SSSR count). The van der Waals surface area contributed by atoms with Gasteiger partial charge < -0.3 is 4.74 Å². The minimum Gasteiger partial charge on any atom is -0.462 e. The highest BCUT2D eigenvalue weighted by molar-refractivity contribution is 5.91. The van der Waals surface area contributed by atoms with Crippen molar-refractivity contribution in [3.63, 3.8) is 0 Å². The van der Waals surface area contributed by atoms with E-state index in [4.69, 9.17) is 0 Å². The molecule has 0 aliphatic rings. The second kappa shape index (κ2) is 6.28. The van der Waals surface area contributed by atoms with Crippen molar-refractivity contribution in [2.75, 3.05) is 6.61 Å². The fourth-order valence-corrected chi connectivity index (χ4v) is 2.07. The summed E-state index contributed by atoms with van der Waals surface area (Å²) in [6.07, 6.45) is -2.13. The zero-order chi connectivity index (χ0) is 14.5. The van der Waals surface area contributed by atoms with Crippen LogP contribution in [0.2, 0.25) is 0 Å². The van der Waals surface area contributed by atoms with Crippen LogP contribution in [0.15, 0.2) is 54.1 Å². The van der Waals surface area contributed by atoms with E-state index in [1.807, 2.05) is 30.3 Å². The Morgan fingerprint density at radius 2 is 1.80 bits per heavy atom. The van der Waals surface area contributed by atoms with Crippen molar-refractivity contribution in [2.24, 2.45) is 0 Å². The van der Waals surface area contributed by atoms with E-state index in [1.54, 1.807) is 19.1 Å². The molecule has 0 saturated carbocycles. The Kier molecular flexibility index (Phi) is 4.45. The molecule has 2 aromatic rings. The maximum absolute atomic E-state index is 12.9. The molecule has 0 heterocycles. The topological polar surface area (TPSA) is 26.3 Å². The molecule has 20 heavy (non-hydrogen) atoms. The summed E-state index contributed by atoms with van der Waals surface area (Å²) in [7, 11) is 0. The molecule has 0 N–H and O–H groups in total. The van der Waals surface area contributed by atoms with E-state index in [9.17, 15) is 13.6 Å². The first-order valence-electron chi connectivity index (χ1n) is 6.31. The molecule has 0 amide bonds. The Labute approximate surface area is 115 Å². The molecule has 0 aromatic heterocycles. The standard InChI is InChI=1S/C16H14F2O2/c1-2-20-16(19)14(15(17)18)10-12-8-5-7-11-6-3-4-9-13(11)12/h3-9H,2,10H2,1H3. The first-order valence-corrected chi connectivity index (χ1v) is 6.31. The van der Waals surface area contributed by atoms with Gasteiger partial charge in [-0.05, 0) is 23.3 Å². The zero-order valence-electron chi connectivity index (χ0n) is 11.0. The van der Waals surface area contributed by atoms with Crippen molar-refractivity contribution in [1.82, 2.24) is 0 Å². The molecule has 0 unspecified atom stereocenters. The molecule has 0 spiro atoms. The molecule has 0 saturated heterocycles. The molecule has 0 aliphatic heterocycles. The molecule has 2 aromatic carbocycles. The van der Waals surface area contributed by atoms with Crippen LogP contribution in [0.4, 0.5) is 8.78 Å². The predicted octanol–water partition coefficient (Wildman–Crippen LogP) is 4.10. The van der Waals surface area contributed by atoms with Gasteiger partial charge in [-0.1, -0.05) is 42.5 Å². The molecule has 0 atom stereocenters. The second-order valence-corrected chi connectivity index (χ2v) is 4.27. The van der Waals surface area contributed by atoms with Crippen LogP contribution < -0.4 is 0 Å². The molecule has 4 heteroatoms. The molecule has 0 aliphatic carbocycles. The number of carbonyl (C=O) groups excluding carboxylic acids is 1. The summed E-state index contributed by atoms with van der Waals surface area (Å²) in [6.45, 7) is 1.66. The lowest BCUT2D eigenvalue weighted by Gasteiger charge is -2.09. The van der Waals surface area contributed by atoms with Gasteiger partial charge in [-0.25, -0.2) is 4.79 Å². The average Bonchev–Trinajstić information content (AvgIpc) is 2.44. The van der Waals surface area contributed by atoms with E-state index in [1.165, 1.54) is 0 Å². The highest BCUT2D eigenvalue weighted by atomic mass is 19.3. The summed E-state index contributed by atoms with van der Waals surface area (Å²) in [4.78, 5) is 11.6. The molecule has 104 valence electrons. The van der Waals surface area contributed by atoms with E-state index >= 15 is 0 Å². The lowest BCUT2D eigenvalue weighted by Crippen LogP contribution is -2.11. The van der Waals surface area contributed by atoms with Crippen LogP contribution in [0, 0.1) is 0 Å². The van der Waals surface area contributed by atoms with E-state index in [0.29, 0.717) is 5.56 Å². The van der Waals surface area contributed by atoms with Gasteiger partial charge in [0, 0.05) is 6.42 Å². The van der Waals surface area contributed by atoms with Gasteiger partial charge in [0.2, 0.25) is 0 Å². The summed E-state index contributed by atoms with van der Waals surface area (Å²) in [6, 6.07) is 12.9. The number of fused-ring (bicyclic) bond motifs is 1. The maximum Gasteiger partial charge on any atom is 0.339 e. The highest BCUT2D eigenvalue weighted by Crippen LogP contribution is 2.23. The van der Waals surface area contributed by atoms with Gasteiger partial charge in [0.1, 0.15) is 5.57 Å². The maximum atomic E-state index is 12.9. The van der Waals surface area contributed by atoms with Crippen LogP contribution in [-0.4, -0.2) is 12.6 Å². The third-order valence-electron chi connectivity index (χ3n) is 3.00. The SMILES string of the molecule is CCOC(=O)C(Cc1cccc2ccccc12)=C(F)F. The molecule has 0 radical (unpaired) electrons. The summed E-state index contributed by atoms with van der Waals surface area (Å²) < 4.78 is 30.5. The first kappa shape index (κ1) is 14.2. The van der Waals surface area contributed by atoms with E-state index in [0.717, 1.165) is 10.8 Å². The molecular weight excluding hydrogens is 262 g/mol.